The van der Waals surface area contributed by atoms with Gasteiger partial charge in [0.25, 0.3) is 0 Å². The average molecular weight is 322 g/mol. The van der Waals surface area contributed by atoms with Gasteiger partial charge in [0.1, 0.15) is 0 Å². The summed E-state index contributed by atoms with van der Waals surface area (Å²) < 4.78 is 12.8. The molecule has 0 saturated carbocycles. The molecular formula is C20H34O3. The first-order chi connectivity index (χ1) is 10.7. The molecule has 0 spiro atoms. The van der Waals surface area contributed by atoms with Crippen molar-refractivity contribution in [2.45, 2.75) is 109 Å². The van der Waals surface area contributed by atoms with Crippen LogP contribution in [0.4, 0.5) is 0 Å². The van der Waals surface area contributed by atoms with E-state index in [1.807, 2.05) is 0 Å². The van der Waals surface area contributed by atoms with Crippen molar-refractivity contribution in [3.05, 3.63) is 11.6 Å². The lowest BCUT2D eigenvalue weighted by atomic mass is 9.80. The van der Waals surface area contributed by atoms with E-state index in [1.54, 1.807) is 0 Å². The molecule has 0 aromatic carbocycles. The second-order valence-corrected chi connectivity index (χ2v) is 8.90. The summed E-state index contributed by atoms with van der Waals surface area (Å²) in [5, 5.41) is 10.8. The molecule has 1 N–H and O–H groups in total. The molecule has 3 aliphatic rings. The molecule has 2 fully saturated rings. The zero-order valence-electron chi connectivity index (χ0n) is 15.5. The molecule has 0 aromatic heterocycles. The minimum Gasteiger partial charge on any atom is -0.390 e. The Morgan fingerprint density at radius 3 is 2.61 bits per heavy atom. The average Bonchev–Trinajstić information content (AvgIpc) is 2.94. The molecule has 2 bridgehead atoms. The van der Waals surface area contributed by atoms with Crippen molar-refractivity contribution in [2.24, 2.45) is 5.92 Å². The molecule has 132 valence electrons. The Hall–Kier alpha value is -0.380. The Labute approximate surface area is 141 Å². The lowest BCUT2D eigenvalue weighted by molar-refractivity contribution is -0.167. The minimum absolute atomic E-state index is 0.0215. The quantitative estimate of drug-likeness (QED) is 0.575. The monoisotopic (exact) mass is 322 g/mol. The molecule has 2 saturated heterocycles. The Balaban J connectivity index is 1.85. The molecule has 3 aliphatic heterocycles. The largest absolute Gasteiger partial charge is 0.390 e. The molecule has 0 aliphatic carbocycles. The minimum atomic E-state index is -0.413. The van der Waals surface area contributed by atoms with Crippen LogP contribution < -0.4 is 0 Å². The first-order valence-corrected chi connectivity index (χ1v) is 9.41. The Kier molecular flexibility index (Phi) is 4.44. The Morgan fingerprint density at radius 2 is 1.91 bits per heavy atom. The lowest BCUT2D eigenvalue weighted by Crippen LogP contribution is -2.45. The summed E-state index contributed by atoms with van der Waals surface area (Å²) in [4.78, 5) is 0. The molecule has 5 atom stereocenters. The van der Waals surface area contributed by atoms with Gasteiger partial charge < -0.3 is 14.6 Å². The summed E-state index contributed by atoms with van der Waals surface area (Å²) in [7, 11) is 0. The molecule has 0 amide bonds. The van der Waals surface area contributed by atoms with Crippen LogP contribution in [0.5, 0.6) is 0 Å². The van der Waals surface area contributed by atoms with Gasteiger partial charge in [0.2, 0.25) is 0 Å². The molecule has 0 unspecified atom stereocenters. The summed E-state index contributed by atoms with van der Waals surface area (Å²) in [6.45, 7) is 11.0. The standard InChI is InChI=1S/C20H34O3/c1-14(2)20-12-11-18(4,23-20)16(21)9-8-15(3)7-6-10-19(5)17(13-20)22-19/h7,14,16-17,21H,6,8-13H2,1-5H3/b15-7-/t16-,17-,18+,19-,20+/m0/s1. The van der Waals surface area contributed by atoms with Crippen molar-refractivity contribution in [2.75, 3.05) is 0 Å². The third kappa shape index (κ3) is 3.25. The summed E-state index contributed by atoms with van der Waals surface area (Å²) in [6.07, 6.45) is 9.09. The fraction of sp³-hybridized carbons (Fsp3) is 0.900. The van der Waals surface area contributed by atoms with Gasteiger partial charge in [-0.15, -0.1) is 0 Å². The van der Waals surface area contributed by atoms with Gasteiger partial charge in [-0.2, -0.15) is 0 Å². The smallest absolute Gasteiger partial charge is 0.0924 e. The van der Waals surface area contributed by atoms with Crippen LogP contribution in [0.15, 0.2) is 11.6 Å². The Morgan fingerprint density at radius 1 is 1.17 bits per heavy atom. The number of ether oxygens (including phenoxy) is 2. The second-order valence-electron chi connectivity index (χ2n) is 8.90. The van der Waals surface area contributed by atoms with Crippen LogP contribution in [0.3, 0.4) is 0 Å². The number of rotatable bonds is 1. The van der Waals surface area contributed by atoms with E-state index in [4.69, 9.17) is 9.47 Å². The highest BCUT2D eigenvalue weighted by molar-refractivity contribution is 5.10. The summed E-state index contributed by atoms with van der Waals surface area (Å²) >= 11 is 0. The zero-order chi connectivity index (χ0) is 16.9. The maximum absolute atomic E-state index is 10.8. The molecular weight excluding hydrogens is 288 g/mol. The van der Waals surface area contributed by atoms with Crippen LogP contribution in [0.1, 0.15) is 79.6 Å². The zero-order valence-corrected chi connectivity index (χ0v) is 15.5. The highest BCUT2D eigenvalue weighted by atomic mass is 16.6. The Bertz CT molecular complexity index is 485. The molecule has 3 heteroatoms. The predicted molar refractivity (Wildman–Crippen MR) is 92.4 cm³/mol. The summed E-state index contributed by atoms with van der Waals surface area (Å²) in [5.74, 6) is 0.440. The van der Waals surface area contributed by atoms with Crippen molar-refractivity contribution < 1.29 is 14.6 Å². The second kappa shape index (κ2) is 5.86. The van der Waals surface area contributed by atoms with Gasteiger partial charge in [-0.3, -0.25) is 0 Å². The van der Waals surface area contributed by atoms with Crippen molar-refractivity contribution in [3.8, 4) is 0 Å². The van der Waals surface area contributed by atoms with Crippen molar-refractivity contribution in [3.63, 3.8) is 0 Å². The summed E-state index contributed by atoms with van der Waals surface area (Å²) in [6, 6.07) is 0. The number of hydrogen-bond acceptors (Lipinski definition) is 3. The molecule has 3 nitrogen and oxygen atoms in total. The predicted octanol–water partition coefficient (Wildman–Crippen LogP) is 4.38. The topological polar surface area (TPSA) is 42.0 Å². The molecule has 3 rings (SSSR count). The van der Waals surface area contributed by atoms with E-state index in [2.05, 4.69) is 40.7 Å². The first-order valence-electron chi connectivity index (χ1n) is 9.41. The van der Waals surface area contributed by atoms with Crippen molar-refractivity contribution in [1.29, 1.82) is 0 Å². The van der Waals surface area contributed by atoms with E-state index in [9.17, 15) is 5.11 Å². The molecule has 0 aromatic rings. The van der Waals surface area contributed by atoms with Gasteiger partial charge in [0.05, 0.1) is 29.0 Å². The highest BCUT2D eigenvalue weighted by Gasteiger charge is 2.59. The van der Waals surface area contributed by atoms with E-state index in [1.165, 1.54) is 5.57 Å². The van der Waals surface area contributed by atoms with Crippen molar-refractivity contribution in [1.82, 2.24) is 0 Å². The van der Waals surface area contributed by atoms with Gasteiger partial charge in [-0.1, -0.05) is 25.5 Å². The third-order valence-corrected chi connectivity index (χ3v) is 6.75. The van der Waals surface area contributed by atoms with E-state index in [-0.39, 0.29) is 11.2 Å². The number of fused-ring (bicyclic) bond motifs is 3. The van der Waals surface area contributed by atoms with E-state index >= 15 is 0 Å². The van der Waals surface area contributed by atoms with Crippen LogP contribution in [-0.4, -0.2) is 34.1 Å². The fourth-order valence-corrected chi connectivity index (χ4v) is 4.51. The number of hydrogen-bond donors (Lipinski definition) is 1. The highest BCUT2D eigenvalue weighted by Crippen LogP contribution is 2.53. The van der Waals surface area contributed by atoms with E-state index in [0.29, 0.717) is 12.0 Å². The van der Waals surface area contributed by atoms with Crippen LogP contribution in [0, 0.1) is 5.92 Å². The van der Waals surface area contributed by atoms with Gasteiger partial charge in [-0.25, -0.2) is 0 Å². The van der Waals surface area contributed by atoms with Crippen LogP contribution in [-0.2, 0) is 9.47 Å². The first kappa shape index (κ1) is 17.4. The molecule has 3 heterocycles. The SMILES string of the molecule is C/C1=C/CC[C@]2(C)O[C@H]2C[C@@]2(C(C)C)CC[C@@](C)(O2)[C@@H](O)CC1. The van der Waals surface area contributed by atoms with E-state index < -0.39 is 11.7 Å². The van der Waals surface area contributed by atoms with E-state index in [0.717, 1.165) is 44.9 Å². The normalized spacial score (nSPS) is 50.3. The number of aliphatic hydroxyl groups is 1. The number of epoxide rings is 1. The van der Waals surface area contributed by atoms with Crippen LogP contribution in [0.25, 0.3) is 0 Å². The summed E-state index contributed by atoms with van der Waals surface area (Å²) in [5.41, 5.74) is 0.840. The molecule has 0 radical (unpaired) electrons. The lowest BCUT2D eigenvalue weighted by Gasteiger charge is -2.38. The van der Waals surface area contributed by atoms with Gasteiger partial charge in [0, 0.05) is 6.42 Å². The third-order valence-electron chi connectivity index (χ3n) is 6.75. The van der Waals surface area contributed by atoms with Gasteiger partial charge >= 0.3 is 0 Å². The number of aliphatic hydroxyl groups excluding tert-OH is 1. The van der Waals surface area contributed by atoms with Crippen LogP contribution >= 0.6 is 0 Å². The maximum Gasteiger partial charge on any atom is 0.0924 e. The van der Waals surface area contributed by atoms with Crippen LogP contribution in [0.2, 0.25) is 0 Å². The number of allylic oxidation sites excluding steroid dienone is 2. The van der Waals surface area contributed by atoms with Crippen molar-refractivity contribution >= 4 is 0 Å². The van der Waals surface area contributed by atoms with Gasteiger partial charge in [-0.05, 0) is 65.2 Å². The maximum atomic E-state index is 10.8. The molecule has 23 heavy (non-hydrogen) atoms. The van der Waals surface area contributed by atoms with Gasteiger partial charge in [0.15, 0.2) is 0 Å². The fourth-order valence-electron chi connectivity index (χ4n) is 4.51.